The molecular formula is C21H30O5. The fraction of sp³-hybridized carbons (Fsp3) is 0.857. The first-order valence-electron chi connectivity index (χ1n) is 10.1. The molecule has 4 fully saturated rings. The summed E-state index contributed by atoms with van der Waals surface area (Å²) in [6.07, 6.45) is 3.59. The van der Waals surface area contributed by atoms with Crippen molar-refractivity contribution in [3.8, 4) is 0 Å². The van der Waals surface area contributed by atoms with Crippen molar-refractivity contribution >= 4 is 17.3 Å². The number of aliphatic hydroxyl groups is 2. The largest absolute Gasteiger partial charge is 0.393 e. The van der Waals surface area contributed by atoms with Crippen LogP contribution < -0.4 is 0 Å². The highest BCUT2D eigenvalue weighted by Crippen LogP contribution is 2.66. The number of carbonyl (C=O) groups is 3. The fourth-order valence-electron chi connectivity index (χ4n) is 7.55. The third kappa shape index (κ3) is 2.32. The number of fused-ring (bicyclic) bond motifs is 5. The summed E-state index contributed by atoms with van der Waals surface area (Å²) in [5, 5.41) is 20.2. The second-order valence-electron chi connectivity index (χ2n) is 9.81. The summed E-state index contributed by atoms with van der Waals surface area (Å²) >= 11 is 0. The van der Waals surface area contributed by atoms with Gasteiger partial charge in [-0.25, -0.2) is 0 Å². The molecule has 0 aromatic rings. The maximum absolute atomic E-state index is 13.3. The first-order chi connectivity index (χ1) is 12.2. The van der Waals surface area contributed by atoms with Gasteiger partial charge in [0.2, 0.25) is 0 Å². The Morgan fingerprint density at radius 1 is 1.15 bits per heavy atom. The molecule has 0 amide bonds. The van der Waals surface area contributed by atoms with E-state index >= 15 is 0 Å². The van der Waals surface area contributed by atoms with Crippen molar-refractivity contribution in [3.05, 3.63) is 0 Å². The first kappa shape index (κ1) is 18.3. The second-order valence-corrected chi connectivity index (χ2v) is 9.81. The van der Waals surface area contributed by atoms with Crippen LogP contribution in [0.15, 0.2) is 0 Å². The maximum Gasteiger partial charge on any atom is 0.161 e. The number of aliphatic hydroxyl groups excluding tert-OH is 2. The molecule has 0 saturated heterocycles. The molecule has 4 aliphatic rings. The number of hydrogen-bond acceptors (Lipinski definition) is 5. The predicted octanol–water partition coefficient (Wildman–Crippen LogP) is 1.93. The van der Waals surface area contributed by atoms with E-state index in [2.05, 4.69) is 6.92 Å². The lowest BCUT2D eigenvalue weighted by atomic mass is 9.43. The van der Waals surface area contributed by atoms with E-state index in [0.717, 1.165) is 12.8 Å². The van der Waals surface area contributed by atoms with Crippen molar-refractivity contribution in [1.29, 1.82) is 0 Å². The molecule has 144 valence electrons. The van der Waals surface area contributed by atoms with Gasteiger partial charge < -0.3 is 10.2 Å². The average molecular weight is 362 g/mol. The molecule has 0 heterocycles. The van der Waals surface area contributed by atoms with Crippen molar-refractivity contribution in [2.75, 3.05) is 6.61 Å². The molecule has 4 rings (SSSR count). The third-order valence-electron chi connectivity index (χ3n) is 8.73. The summed E-state index contributed by atoms with van der Waals surface area (Å²) < 4.78 is 0. The molecular weight excluding hydrogens is 332 g/mol. The minimum Gasteiger partial charge on any atom is -0.393 e. The Labute approximate surface area is 154 Å². The van der Waals surface area contributed by atoms with E-state index in [0.29, 0.717) is 32.1 Å². The fourth-order valence-corrected chi connectivity index (χ4v) is 7.55. The molecule has 0 aromatic carbocycles. The van der Waals surface area contributed by atoms with Gasteiger partial charge in [-0.3, -0.25) is 14.4 Å². The van der Waals surface area contributed by atoms with E-state index in [1.807, 2.05) is 6.92 Å². The number of hydrogen-bond donors (Lipinski definition) is 2. The smallest absolute Gasteiger partial charge is 0.161 e. The molecule has 26 heavy (non-hydrogen) atoms. The Balaban J connectivity index is 1.71. The lowest BCUT2D eigenvalue weighted by Crippen LogP contribution is -2.61. The topological polar surface area (TPSA) is 91.7 Å². The normalized spacial score (nSPS) is 50.8. The zero-order valence-corrected chi connectivity index (χ0v) is 15.7. The number of rotatable bonds is 2. The van der Waals surface area contributed by atoms with Gasteiger partial charge in [-0.2, -0.15) is 0 Å². The van der Waals surface area contributed by atoms with Crippen LogP contribution in [0, 0.1) is 40.4 Å². The minimum atomic E-state index is -0.548. The van der Waals surface area contributed by atoms with E-state index < -0.39 is 18.1 Å². The lowest BCUT2D eigenvalue weighted by Gasteiger charge is -2.60. The Morgan fingerprint density at radius 2 is 1.88 bits per heavy atom. The average Bonchev–Trinajstić information content (AvgIpc) is 2.92. The van der Waals surface area contributed by atoms with Crippen LogP contribution in [0.5, 0.6) is 0 Å². The monoisotopic (exact) mass is 362 g/mol. The van der Waals surface area contributed by atoms with Crippen LogP contribution in [0.3, 0.4) is 0 Å². The molecule has 5 nitrogen and oxygen atoms in total. The van der Waals surface area contributed by atoms with Crippen LogP contribution in [0.1, 0.15) is 58.8 Å². The van der Waals surface area contributed by atoms with E-state index in [-0.39, 0.29) is 52.4 Å². The van der Waals surface area contributed by atoms with Crippen LogP contribution in [0.25, 0.3) is 0 Å². The van der Waals surface area contributed by atoms with Gasteiger partial charge in [-0.05, 0) is 54.3 Å². The highest BCUT2D eigenvalue weighted by atomic mass is 16.3. The maximum atomic E-state index is 13.3. The molecule has 0 unspecified atom stereocenters. The third-order valence-corrected chi connectivity index (χ3v) is 8.73. The van der Waals surface area contributed by atoms with Gasteiger partial charge in [0.1, 0.15) is 18.2 Å². The Morgan fingerprint density at radius 3 is 2.58 bits per heavy atom. The molecule has 8 atom stereocenters. The second kappa shape index (κ2) is 5.96. The van der Waals surface area contributed by atoms with E-state index in [4.69, 9.17) is 0 Å². The van der Waals surface area contributed by atoms with Gasteiger partial charge in [-0.1, -0.05) is 13.8 Å². The highest BCUT2D eigenvalue weighted by molar-refractivity contribution is 5.88. The van der Waals surface area contributed by atoms with Gasteiger partial charge in [0.25, 0.3) is 0 Å². The van der Waals surface area contributed by atoms with E-state index in [1.165, 1.54) is 0 Å². The molecule has 0 radical (unpaired) electrons. The van der Waals surface area contributed by atoms with Crippen molar-refractivity contribution in [1.82, 2.24) is 0 Å². The first-order valence-corrected chi connectivity index (χ1v) is 10.1. The highest BCUT2D eigenvalue weighted by Gasteiger charge is 2.65. The van der Waals surface area contributed by atoms with Crippen molar-refractivity contribution in [3.63, 3.8) is 0 Å². The van der Waals surface area contributed by atoms with E-state index in [1.54, 1.807) is 0 Å². The molecule has 0 aliphatic heterocycles. The Hall–Kier alpha value is -1.07. The van der Waals surface area contributed by atoms with E-state index in [9.17, 15) is 24.6 Å². The van der Waals surface area contributed by atoms with Gasteiger partial charge in [-0.15, -0.1) is 0 Å². The summed E-state index contributed by atoms with van der Waals surface area (Å²) in [5.74, 6) is 0.105. The number of ketones is 3. The molecule has 5 heteroatoms. The predicted molar refractivity (Wildman–Crippen MR) is 94.1 cm³/mol. The number of carbonyl (C=O) groups excluding carboxylic acids is 3. The van der Waals surface area contributed by atoms with Gasteiger partial charge in [0.05, 0.1) is 6.10 Å². The Bertz CT molecular complexity index is 657. The van der Waals surface area contributed by atoms with Gasteiger partial charge in [0.15, 0.2) is 5.78 Å². The van der Waals surface area contributed by atoms with Crippen LogP contribution >= 0.6 is 0 Å². The summed E-state index contributed by atoms with van der Waals surface area (Å²) in [6.45, 7) is 3.69. The van der Waals surface area contributed by atoms with Gasteiger partial charge >= 0.3 is 0 Å². The quantitative estimate of drug-likeness (QED) is 0.783. The molecule has 0 bridgehead atoms. The zero-order chi connectivity index (χ0) is 18.9. The zero-order valence-electron chi connectivity index (χ0n) is 15.7. The summed E-state index contributed by atoms with van der Waals surface area (Å²) in [7, 11) is 0. The standard InChI is InChI=1S/C21H30O5/c1-20-6-5-11(23)7-15(20)16(24)8-12-13-3-4-14(18(26)10-22)21(13,2)9-17(25)19(12)20/h12-16,19,22,24H,3-10H2,1-2H3/t12-,13-,14+,15+,16+,19+,20-,21-/m0/s1. The molecule has 2 N–H and O–H groups in total. The van der Waals surface area contributed by atoms with Gasteiger partial charge in [0, 0.05) is 31.1 Å². The molecule has 4 saturated carbocycles. The molecule has 0 aromatic heterocycles. The number of Topliss-reactive ketones (excluding diaryl/α,β-unsaturated/α-hetero) is 3. The van der Waals surface area contributed by atoms with Crippen molar-refractivity contribution in [2.45, 2.75) is 64.9 Å². The summed E-state index contributed by atoms with van der Waals surface area (Å²) in [5.41, 5.74) is -0.709. The summed E-state index contributed by atoms with van der Waals surface area (Å²) in [4.78, 5) is 37.6. The Kier molecular flexibility index (Phi) is 4.20. The van der Waals surface area contributed by atoms with Crippen LogP contribution in [-0.2, 0) is 14.4 Å². The molecule has 4 aliphatic carbocycles. The van der Waals surface area contributed by atoms with Crippen LogP contribution in [0.2, 0.25) is 0 Å². The minimum absolute atomic E-state index is 0.0854. The lowest BCUT2D eigenvalue weighted by molar-refractivity contribution is -0.176. The molecule has 0 spiro atoms. The summed E-state index contributed by atoms with van der Waals surface area (Å²) in [6, 6.07) is 0. The van der Waals surface area contributed by atoms with Crippen molar-refractivity contribution in [2.24, 2.45) is 40.4 Å². The van der Waals surface area contributed by atoms with Crippen LogP contribution in [0.4, 0.5) is 0 Å². The SMILES string of the molecule is C[C@]12CCC(=O)C[C@@H]1[C@H](O)C[C@H]1[C@@H]3CC[C@H](C(=O)CO)[C@@]3(C)CC(=O)[C@@H]12. The van der Waals surface area contributed by atoms with Crippen molar-refractivity contribution < 1.29 is 24.6 Å². The van der Waals surface area contributed by atoms with Crippen LogP contribution in [-0.4, -0.2) is 40.3 Å².